The lowest BCUT2D eigenvalue weighted by atomic mass is 10.1. The lowest BCUT2D eigenvalue weighted by Crippen LogP contribution is -2.16. The normalized spacial score (nSPS) is 10.9. The third-order valence-corrected chi connectivity index (χ3v) is 4.98. The number of carbonyl (C=O) groups excluding carboxylic acids is 1. The minimum Gasteiger partial charge on any atom is -0.364 e. The van der Waals surface area contributed by atoms with Crippen molar-refractivity contribution in [1.82, 2.24) is 14.8 Å². The highest BCUT2D eigenvalue weighted by Crippen LogP contribution is 2.27. The summed E-state index contributed by atoms with van der Waals surface area (Å²) in [6, 6.07) is 14.7. The molecule has 2 aromatic heterocycles. The molecule has 1 amide bonds. The van der Waals surface area contributed by atoms with Gasteiger partial charge in [0.1, 0.15) is 11.5 Å². The van der Waals surface area contributed by atoms with E-state index in [0.717, 1.165) is 11.3 Å². The minimum absolute atomic E-state index is 0.200. The summed E-state index contributed by atoms with van der Waals surface area (Å²) in [5, 5.41) is 7.45. The van der Waals surface area contributed by atoms with Crippen LogP contribution in [-0.4, -0.2) is 20.7 Å². The molecule has 0 spiro atoms. The van der Waals surface area contributed by atoms with E-state index >= 15 is 0 Å². The molecule has 8 heteroatoms. The maximum Gasteiger partial charge on any atom is 0.267 e. The molecule has 2 N–H and O–H groups in total. The molecular formula is C19H12ClFN4OS. The Morgan fingerprint density at radius 3 is 2.33 bits per heavy atom. The number of rotatable bonds is 4. The molecule has 0 fully saturated rings. The Hall–Kier alpha value is -3.03. The van der Waals surface area contributed by atoms with Gasteiger partial charge in [0, 0.05) is 21.5 Å². The van der Waals surface area contributed by atoms with Crippen molar-refractivity contribution in [1.29, 1.82) is 0 Å². The first-order valence-electron chi connectivity index (χ1n) is 7.89. The highest BCUT2D eigenvalue weighted by molar-refractivity contribution is 7.12. The van der Waals surface area contributed by atoms with Crippen LogP contribution in [0.1, 0.15) is 10.5 Å². The molecule has 0 bridgehead atoms. The summed E-state index contributed by atoms with van der Waals surface area (Å²) in [6.45, 7) is 0. The van der Waals surface area contributed by atoms with E-state index in [-0.39, 0.29) is 11.5 Å². The molecular weight excluding hydrogens is 387 g/mol. The topological polar surface area (TPSA) is 73.8 Å². The number of aromatic nitrogens is 3. The van der Waals surface area contributed by atoms with Crippen molar-refractivity contribution in [2.24, 2.45) is 5.73 Å². The van der Waals surface area contributed by atoms with Gasteiger partial charge in [0.2, 0.25) is 5.13 Å². The van der Waals surface area contributed by atoms with Crippen molar-refractivity contribution in [2.45, 2.75) is 0 Å². The first kappa shape index (κ1) is 17.4. The zero-order valence-electron chi connectivity index (χ0n) is 13.8. The number of primary amides is 1. The van der Waals surface area contributed by atoms with E-state index in [0.29, 0.717) is 21.4 Å². The molecule has 2 aromatic carbocycles. The summed E-state index contributed by atoms with van der Waals surface area (Å²) in [4.78, 5) is 16.4. The highest BCUT2D eigenvalue weighted by Gasteiger charge is 2.18. The number of hydrogen-bond acceptors (Lipinski definition) is 4. The zero-order valence-corrected chi connectivity index (χ0v) is 15.3. The molecule has 0 aliphatic heterocycles. The monoisotopic (exact) mass is 398 g/mol. The predicted octanol–water partition coefficient (Wildman–Crippen LogP) is 4.55. The largest absolute Gasteiger partial charge is 0.364 e. The number of carbonyl (C=O) groups is 1. The lowest BCUT2D eigenvalue weighted by molar-refractivity contribution is 0.0993. The van der Waals surface area contributed by atoms with Gasteiger partial charge in [0.25, 0.3) is 5.91 Å². The highest BCUT2D eigenvalue weighted by atomic mass is 35.5. The van der Waals surface area contributed by atoms with Gasteiger partial charge in [-0.2, -0.15) is 9.78 Å². The van der Waals surface area contributed by atoms with Gasteiger partial charge in [-0.15, -0.1) is 11.3 Å². The first-order chi connectivity index (χ1) is 13.0. The zero-order chi connectivity index (χ0) is 19.0. The van der Waals surface area contributed by atoms with E-state index in [1.54, 1.807) is 30.3 Å². The predicted molar refractivity (Wildman–Crippen MR) is 104 cm³/mol. The third-order valence-electron chi connectivity index (χ3n) is 3.92. The van der Waals surface area contributed by atoms with Gasteiger partial charge in [-0.25, -0.2) is 9.37 Å². The summed E-state index contributed by atoms with van der Waals surface area (Å²) in [7, 11) is 0. The van der Waals surface area contributed by atoms with Gasteiger partial charge < -0.3 is 5.73 Å². The van der Waals surface area contributed by atoms with Crippen molar-refractivity contribution >= 4 is 28.8 Å². The van der Waals surface area contributed by atoms with Gasteiger partial charge in [0.05, 0.1) is 11.4 Å². The van der Waals surface area contributed by atoms with Gasteiger partial charge in [-0.05, 0) is 42.5 Å². The average molecular weight is 399 g/mol. The molecule has 0 aliphatic carbocycles. The summed E-state index contributed by atoms with van der Waals surface area (Å²) < 4.78 is 14.6. The fraction of sp³-hybridized carbons (Fsp3) is 0. The smallest absolute Gasteiger partial charge is 0.267 e. The quantitative estimate of drug-likeness (QED) is 0.547. The molecule has 0 radical (unpaired) electrons. The van der Waals surface area contributed by atoms with Crippen molar-refractivity contribution < 1.29 is 9.18 Å². The Kier molecular flexibility index (Phi) is 4.47. The number of thiazole rings is 1. The molecule has 27 heavy (non-hydrogen) atoms. The summed E-state index contributed by atoms with van der Waals surface area (Å²) >= 11 is 7.25. The number of hydrogen-bond donors (Lipinski definition) is 1. The standard InChI is InChI=1S/C19H12ClFN4OS/c20-13-5-1-12(2-6-13)16-10-27-19(23-16)25-17(18(22)26)9-15(24-25)11-3-7-14(21)8-4-11/h1-10H,(H2,22,26). The third kappa shape index (κ3) is 3.47. The van der Waals surface area contributed by atoms with E-state index in [4.69, 9.17) is 17.3 Å². The molecule has 2 heterocycles. The van der Waals surface area contributed by atoms with Crippen LogP contribution < -0.4 is 5.73 Å². The van der Waals surface area contributed by atoms with Gasteiger partial charge in [0.15, 0.2) is 0 Å². The van der Waals surface area contributed by atoms with E-state index in [2.05, 4.69) is 10.1 Å². The molecule has 4 rings (SSSR count). The Labute approximate surface area is 162 Å². The second kappa shape index (κ2) is 6.94. The average Bonchev–Trinajstić information content (AvgIpc) is 3.30. The Bertz CT molecular complexity index is 1120. The van der Waals surface area contributed by atoms with Crippen LogP contribution in [0.4, 0.5) is 4.39 Å². The van der Waals surface area contributed by atoms with Crippen molar-refractivity contribution in [2.75, 3.05) is 0 Å². The van der Waals surface area contributed by atoms with Gasteiger partial charge in [-0.3, -0.25) is 4.79 Å². The summed E-state index contributed by atoms with van der Waals surface area (Å²) in [5.41, 5.74) is 8.52. The molecule has 0 saturated carbocycles. The van der Waals surface area contributed by atoms with Crippen LogP contribution in [0.3, 0.4) is 0 Å². The van der Waals surface area contributed by atoms with E-state index < -0.39 is 5.91 Å². The van der Waals surface area contributed by atoms with Crippen LogP contribution in [0.25, 0.3) is 27.6 Å². The second-order valence-electron chi connectivity index (χ2n) is 5.72. The van der Waals surface area contributed by atoms with Crippen molar-refractivity contribution in [3.8, 4) is 27.6 Å². The number of benzene rings is 2. The van der Waals surface area contributed by atoms with E-state index in [1.165, 1.54) is 28.2 Å². The molecule has 0 saturated heterocycles. The Morgan fingerprint density at radius 2 is 1.67 bits per heavy atom. The number of halogens is 2. The Morgan fingerprint density at radius 1 is 1.04 bits per heavy atom. The molecule has 5 nitrogen and oxygen atoms in total. The van der Waals surface area contributed by atoms with Crippen LogP contribution in [-0.2, 0) is 0 Å². The molecule has 134 valence electrons. The fourth-order valence-corrected chi connectivity index (χ4v) is 3.50. The summed E-state index contributed by atoms with van der Waals surface area (Å²) in [6.07, 6.45) is 0. The van der Waals surface area contributed by atoms with Gasteiger partial charge >= 0.3 is 0 Å². The van der Waals surface area contributed by atoms with Crippen LogP contribution in [0.5, 0.6) is 0 Å². The minimum atomic E-state index is -0.626. The van der Waals surface area contributed by atoms with E-state index in [9.17, 15) is 9.18 Å². The van der Waals surface area contributed by atoms with Crippen molar-refractivity contribution in [3.05, 3.63) is 76.5 Å². The van der Waals surface area contributed by atoms with Crippen molar-refractivity contribution in [3.63, 3.8) is 0 Å². The molecule has 0 aliphatic rings. The van der Waals surface area contributed by atoms with Gasteiger partial charge in [-0.1, -0.05) is 23.7 Å². The maximum atomic E-state index is 13.2. The fourth-order valence-electron chi connectivity index (χ4n) is 2.58. The molecule has 0 unspecified atom stereocenters. The Balaban J connectivity index is 1.76. The number of nitrogens with two attached hydrogens (primary N) is 1. The van der Waals surface area contributed by atoms with Crippen LogP contribution in [0, 0.1) is 5.82 Å². The summed E-state index contributed by atoms with van der Waals surface area (Å²) in [5.74, 6) is -0.972. The molecule has 0 atom stereocenters. The molecule has 4 aromatic rings. The lowest BCUT2D eigenvalue weighted by Gasteiger charge is -2.00. The van der Waals surface area contributed by atoms with Crippen LogP contribution >= 0.6 is 22.9 Å². The second-order valence-corrected chi connectivity index (χ2v) is 6.99. The van der Waals surface area contributed by atoms with Crippen LogP contribution in [0.2, 0.25) is 5.02 Å². The van der Waals surface area contributed by atoms with E-state index in [1.807, 2.05) is 17.5 Å². The SMILES string of the molecule is NC(=O)c1cc(-c2ccc(F)cc2)nn1-c1nc(-c2ccc(Cl)cc2)cs1. The number of nitrogens with zero attached hydrogens (tertiary/aromatic N) is 3. The maximum absolute atomic E-state index is 13.2. The number of amides is 1. The van der Waals surface area contributed by atoms with Crippen LogP contribution in [0.15, 0.2) is 60.0 Å². The first-order valence-corrected chi connectivity index (χ1v) is 9.15.